The van der Waals surface area contributed by atoms with Crippen molar-refractivity contribution < 1.29 is 42.5 Å². The first-order chi connectivity index (χ1) is 15.0. The summed E-state index contributed by atoms with van der Waals surface area (Å²) in [7, 11) is -4.78. The Bertz CT molecular complexity index is 1450. The van der Waals surface area contributed by atoms with Gasteiger partial charge in [0.1, 0.15) is 10.1 Å². The van der Waals surface area contributed by atoms with Crippen molar-refractivity contribution in [2.24, 2.45) is 0 Å². The molecule has 0 bridgehead atoms. The van der Waals surface area contributed by atoms with Gasteiger partial charge in [0, 0.05) is 11.8 Å². The summed E-state index contributed by atoms with van der Waals surface area (Å²) < 4.78 is 37.1. The molecule has 0 radical (unpaired) electrons. The molecular weight excluding hydrogens is 451 g/mol. The number of halogens is 1. The van der Waals surface area contributed by atoms with E-state index in [1.165, 1.54) is 6.07 Å². The van der Waals surface area contributed by atoms with Crippen molar-refractivity contribution in [3.63, 3.8) is 0 Å². The van der Waals surface area contributed by atoms with E-state index >= 15 is 0 Å². The molecule has 32 heavy (non-hydrogen) atoms. The van der Waals surface area contributed by atoms with Crippen molar-refractivity contribution in [2.45, 2.75) is 16.7 Å². The predicted molar refractivity (Wildman–Crippen MR) is 120 cm³/mol. The standard InChI is InChI=1S/C26H17ClO3S.Na/c27-22-14-13-21-17-9-3-6-12-20(17)24(25(21)26(22)31(28,29)30)23-18-10-4-1-7-15(18)16-8-2-5-11-19(16)23;/h1-14,23-24H,(H,28,29,30);/q;+1/p-1. The smallest absolute Gasteiger partial charge is 0.744 e. The maximum Gasteiger partial charge on any atom is 1.00 e. The van der Waals surface area contributed by atoms with E-state index in [1.54, 1.807) is 0 Å². The van der Waals surface area contributed by atoms with E-state index < -0.39 is 10.1 Å². The molecule has 4 aromatic carbocycles. The zero-order valence-corrected chi connectivity index (χ0v) is 20.8. The Hall–Kier alpha value is -1.92. The quantitative estimate of drug-likeness (QED) is 0.337. The second kappa shape index (κ2) is 7.84. The Labute approximate surface area is 214 Å². The van der Waals surface area contributed by atoms with Crippen molar-refractivity contribution in [3.8, 4) is 22.3 Å². The van der Waals surface area contributed by atoms with Gasteiger partial charge in [-0.2, -0.15) is 0 Å². The topological polar surface area (TPSA) is 57.2 Å². The fourth-order valence-electron chi connectivity index (χ4n) is 5.44. The van der Waals surface area contributed by atoms with E-state index in [4.69, 9.17) is 11.6 Å². The van der Waals surface area contributed by atoms with Crippen molar-refractivity contribution >= 4 is 21.7 Å². The molecule has 0 heterocycles. The zero-order chi connectivity index (χ0) is 21.3. The van der Waals surface area contributed by atoms with Gasteiger partial charge in [0.2, 0.25) is 0 Å². The number of benzene rings is 4. The molecule has 0 fully saturated rings. The van der Waals surface area contributed by atoms with Crippen LogP contribution >= 0.6 is 11.6 Å². The molecule has 1 unspecified atom stereocenters. The van der Waals surface area contributed by atoms with Gasteiger partial charge in [-0.1, -0.05) is 90.5 Å². The maximum atomic E-state index is 12.4. The van der Waals surface area contributed by atoms with Crippen molar-refractivity contribution in [2.75, 3.05) is 0 Å². The first-order valence-corrected chi connectivity index (χ1v) is 11.8. The van der Waals surface area contributed by atoms with Gasteiger partial charge in [0.05, 0.1) is 9.92 Å². The first-order valence-electron chi connectivity index (χ1n) is 10.0. The molecule has 1 atom stereocenters. The van der Waals surface area contributed by atoms with E-state index in [-0.39, 0.29) is 51.3 Å². The Morgan fingerprint density at radius 3 is 1.56 bits per heavy atom. The van der Waals surface area contributed by atoms with Crippen LogP contribution in [0, 0.1) is 0 Å². The molecule has 0 amide bonds. The number of fused-ring (bicyclic) bond motifs is 6. The van der Waals surface area contributed by atoms with Crippen molar-refractivity contribution in [1.82, 2.24) is 0 Å². The molecule has 0 spiro atoms. The SMILES string of the molecule is O=S(=O)([O-])c1c(Cl)ccc2c1C(C1c3ccccc3-c3ccccc31)c1ccccc1-2.[Na+]. The van der Waals surface area contributed by atoms with Gasteiger partial charge in [-0.25, -0.2) is 8.42 Å². The first kappa shape index (κ1) is 21.9. The molecule has 0 N–H and O–H groups in total. The summed E-state index contributed by atoms with van der Waals surface area (Å²) in [6, 6.07) is 27.7. The summed E-state index contributed by atoms with van der Waals surface area (Å²) in [5, 5.41) is -0.0221. The third kappa shape index (κ3) is 3.06. The van der Waals surface area contributed by atoms with Gasteiger partial charge >= 0.3 is 29.6 Å². The molecule has 152 valence electrons. The van der Waals surface area contributed by atoms with Crippen LogP contribution < -0.4 is 29.6 Å². The summed E-state index contributed by atoms with van der Waals surface area (Å²) in [6.45, 7) is 0. The molecule has 3 nitrogen and oxygen atoms in total. The molecule has 2 aliphatic rings. The van der Waals surface area contributed by atoms with Crippen LogP contribution in [0.1, 0.15) is 34.1 Å². The van der Waals surface area contributed by atoms with Gasteiger partial charge in [0.15, 0.2) is 0 Å². The number of rotatable bonds is 2. The minimum Gasteiger partial charge on any atom is -0.744 e. The van der Waals surface area contributed by atoms with Gasteiger partial charge in [0.25, 0.3) is 0 Å². The third-order valence-corrected chi connectivity index (χ3v) is 7.88. The Balaban J connectivity index is 0.00000216. The van der Waals surface area contributed by atoms with Crippen molar-refractivity contribution in [3.05, 3.63) is 112 Å². The normalized spacial score (nSPS) is 16.0. The van der Waals surface area contributed by atoms with Gasteiger partial charge in [-0.05, 0) is 50.6 Å². The van der Waals surface area contributed by atoms with E-state index in [9.17, 15) is 13.0 Å². The third-order valence-electron chi connectivity index (χ3n) is 6.51. The molecule has 6 heteroatoms. The van der Waals surface area contributed by atoms with Crippen LogP contribution in [-0.4, -0.2) is 13.0 Å². The molecule has 2 aliphatic carbocycles. The monoisotopic (exact) mass is 466 g/mol. The van der Waals surface area contributed by atoms with Gasteiger partial charge < -0.3 is 4.55 Å². The van der Waals surface area contributed by atoms with Crippen LogP contribution in [0.4, 0.5) is 0 Å². The minimum atomic E-state index is -4.78. The van der Waals surface area contributed by atoms with E-state index in [0.717, 1.165) is 38.9 Å². The largest absolute Gasteiger partial charge is 1.00 e. The summed E-state index contributed by atoms with van der Waals surface area (Å²) in [6.07, 6.45) is 0. The molecule has 0 saturated carbocycles. The zero-order valence-electron chi connectivity index (χ0n) is 17.2. The van der Waals surface area contributed by atoms with Crippen LogP contribution in [0.5, 0.6) is 0 Å². The molecule has 4 aromatic rings. The molecule has 0 saturated heterocycles. The number of hydrogen-bond donors (Lipinski definition) is 0. The second-order valence-corrected chi connectivity index (χ2v) is 9.73. The van der Waals surface area contributed by atoms with E-state index in [1.807, 2.05) is 54.6 Å². The molecule has 6 rings (SSSR count). The van der Waals surface area contributed by atoms with Crippen LogP contribution in [-0.2, 0) is 10.1 Å². The Kier molecular flexibility index (Phi) is 5.37. The Morgan fingerprint density at radius 1 is 0.625 bits per heavy atom. The minimum absolute atomic E-state index is 0. The fourth-order valence-corrected chi connectivity index (χ4v) is 6.70. The molecule has 0 aliphatic heterocycles. The van der Waals surface area contributed by atoms with E-state index in [0.29, 0.717) is 5.56 Å². The summed E-state index contributed by atoms with van der Waals surface area (Å²) in [5.74, 6) is -0.442. The fraction of sp³-hybridized carbons (Fsp3) is 0.0769. The maximum absolute atomic E-state index is 12.4. The average molecular weight is 467 g/mol. The Morgan fingerprint density at radius 2 is 1.06 bits per heavy atom. The summed E-state index contributed by atoms with van der Waals surface area (Å²) >= 11 is 6.33. The van der Waals surface area contributed by atoms with Crippen molar-refractivity contribution in [1.29, 1.82) is 0 Å². The number of hydrogen-bond acceptors (Lipinski definition) is 3. The second-order valence-electron chi connectivity index (χ2n) is 8.01. The molecular formula is C26H16ClNaO3S. The van der Waals surface area contributed by atoms with Crippen LogP contribution in [0.2, 0.25) is 5.02 Å². The van der Waals surface area contributed by atoms with Crippen LogP contribution in [0.15, 0.2) is 89.8 Å². The van der Waals surface area contributed by atoms with Crippen LogP contribution in [0.3, 0.4) is 0 Å². The van der Waals surface area contributed by atoms with E-state index in [2.05, 4.69) is 24.3 Å². The predicted octanol–water partition coefficient (Wildman–Crippen LogP) is 3.17. The van der Waals surface area contributed by atoms with Gasteiger partial charge in [-0.3, -0.25) is 0 Å². The average Bonchev–Trinajstić information content (AvgIpc) is 3.25. The van der Waals surface area contributed by atoms with Crippen LogP contribution in [0.25, 0.3) is 22.3 Å². The summed E-state index contributed by atoms with van der Waals surface area (Å²) in [4.78, 5) is -0.297. The van der Waals surface area contributed by atoms with Gasteiger partial charge in [-0.15, -0.1) is 0 Å². The summed E-state index contributed by atoms with van der Waals surface area (Å²) in [5.41, 5.74) is 7.79. The molecule has 0 aromatic heterocycles.